The zero-order valence-electron chi connectivity index (χ0n) is 16.5. The van der Waals surface area contributed by atoms with E-state index in [1.54, 1.807) is 11.0 Å². The van der Waals surface area contributed by atoms with Crippen molar-refractivity contribution in [3.63, 3.8) is 0 Å². The number of carbonyl (C=O) groups is 2. The first-order valence-electron chi connectivity index (χ1n) is 9.82. The van der Waals surface area contributed by atoms with Crippen molar-refractivity contribution in [2.75, 3.05) is 13.1 Å². The van der Waals surface area contributed by atoms with Crippen LogP contribution in [-0.4, -0.2) is 35.9 Å². The summed E-state index contributed by atoms with van der Waals surface area (Å²) in [6, 6.07) is 9.67. The van der Waals surface area contributed by atoms with E-state index in [1.807, 2.05) is 38.1 Å². The number of rotatable bonds is 7. The second-order valence-corrected chi connectivity index (χ2v) is 7.42. The Morgan fingerprint density at radius 1 is 1.18 bits per heavy atom. The van der Waals surface area contributed by atoms with Crippen molar-refractivity contribution in [1.82, 2.24) is 10.2 Å². The number of ether oxygens (including phenoxy) is 1. The number of nitrogens with zero attached hydrogens (tertiary/aromatic N) is 1. The summed E-state index contributed by atoms with van der Waals surface area (Å²) in [4.78, 5) is 26.7. The molecule has 0 spiro atoms. The van der Waals surface area contributed by atoms with Crippen molar-refractivity contribution in [1.29, 1.82) is 0 Å². The van der Waals surface area contributed by atoms with E-state index in [0.29, 0.717) is 44.6 Å². The van der Waals surface area contributed by atoms with E-state index in [0.717, 1.165) is 11.1 Å². The van der Waals surface area contributed by atoms with Crippen LogP contribution >= 0.6 is 0 Å². The van der Waals surface area contributed by atoms with E-state index in [4.69, 9.17) is 9.15 Å². The van der Waals surface area contributed by atoms with Crippen LogP contribution in [0, 0.1) is 5.92 Å². The maximum atomic E-state index is 12.6. The lowest BCUT2D eigenvalue weighted by Crippen LogP contribution is -2.42. The smallest absolute Gasteiger partial charge is 0.257 e. The van der Waals surface area contributed by atoms with Gasteiger partial charge < -0.3 is 19.4 Å². The number of carbonyl (C=O) groups excluding carboxylic acids is 2. The van der Waals surface area contributed by atoms with E-state index in [2.05, 4.69) is 5.32 Å². The number of benzene rings is 1. The van der Waals surface area contributed by atoms with Crippen molar-refractivity contribution in [2.45, 2.75) is 45.9 Å². The Labute approximate surface area is 165 Å². The van der Waals surface area contributed by atoms with Gasteiger partial charge in [-0.05, 0) is 43.9 Å². The number of furan rings is 1. The summed E-state index contributed by atoms with van der Waals surface area (Å²) in [6.45, 7) is 6.22. The molecule has 0 aliphatic carbocycles. The Morgan fingerprint density at radius 3 is 2.54 bits per heavy atom. The molecule has 2 aromatic rings. The molecule has 0 atom stereocenters. The largest absolute Gasteiger partial charge is 0.472 e. The van der Waals surface area contributed by atoms with Gasteiger partial charge in [-0.2, -0.15) is 0 Å². The molecule has 28 heavy (non-hydrogen) atoms. The van der Waals surface area contributed by atoms with Gasteiger partial charge in [0, 0.05) is 25.6 Å². The molecule has 0 radical (unpaired) electrons. The van der Waals surface area contributed by atoms with Crippen molar-refractivity contribution in [3.05, 3.63) is 59.5 Å². The van der Waals surface area contributed by atoms with Crippen molar-refractivity contribution >= 4 is 11.8 Å². The minimum Gasteiger partial charge on any atom is -0.472 e. The summed E-state index contributed by atoms with van der Waals surface area (Å²) in [5, 5.41) is 3.06. The highest BCUT2D eigenvalue weighted by Crippen LogP contribution is 2.20. The molecule has 1 N–H and O–H groups in total. The molecule has 1 aliphatic heterocycles. The molecule has 1 fully saturated rings. The van der Waals surface area contributed by atoms with Crippen LogP contribution in [0.4, 0.5) is 0 Å². The van der Waals surface area contributed by atoms with E-state index in [9.17, 15) is 9.59 Å². The summed E-state index contributed by atoms with van der Waals surface area (Å²) >= 11 is 0. The molecule has 1 aromatic carbocycles. The molecule has 0 unspecified atom stereocenters. The summed E-state index contributed by atoms with van der Waals surface area (Å²) in [5.41, 5.74) is 2.73. The zero-order valence-corrected chi connectivity index (χ0v) is 16.5. The van der Waals surface area contributed by atoms with Gasteiger partial charge in [-0.25, -0.2) is 0 Å². The van der Waals surface area contributed by atoms with Gasteiger partial charge in [0.1, 0.15) is 6.26 Å². The molecule has 6 heteroatoms. The van der Waals surface area contributed by atoms with Gasteiger partial charge in [-0.15, -0.1) is 0 Å². The fraction of sp³-hybridized carbons (Fsp3) is 0.455. The fourth-order valence-electron chi connectivity index (χ4n) is 3.37. The summed E-state index contributed by atoms with van der Waals surface area (Å²) in [7, 11) is 0. The quantitative estimate of drug-likeness (QED) is 0.794. The zero-order chi connectivity index (χ0) is 19.9. The van der Waals surface area contributed by atoms with Crippen LogP contribution in [0.2, 0.25) is 0 Å². The van der Waals surface area contributed by atoms with Gasteiger partial charge in [0.2, 0.25) is 5.91 Å². The van der Waals surface area contributed by atoms with E-state index in [1.165, 1.54) is 12.5 Å². The minimum absolute atomic E-state index is 0.0355. The second-order valence-electron chi connectivity index (χ2n) is 7.42. The monoisotopic (exact) mass is 384 g/mol. The first kappa shape index (κ1) is 20.1. The normalized spacial score (nSPS) is 15.0. The number of nitrogens with one attached hydrogen (secondary N) is 1. The number of hydrogen-bond donors (Lipinski definition) is 1. The lowest BCUT2D eigenvalue weighted by atomic mass is 9.95. The summed E-state index contributed by atoms with van der Waals surface area (Å²) in [6.07, 6.45) is 4.47. The molecule has 2 amide bonds. The molecule has 2 heterocycles. The molecule has 0 saturated carbocycles. The first-order valence-corrected chi connectivity index (χ1v) is 9.82. The van der Waals surface area contributed by atoms with Crippen LogP contribution in [0.3, 0.4) is 0 Å². The Balaban J connectivity index is 1.48. The standard InChI is InChI=1S/C22H28N2O4/c1-16(2)28-15-19-6-4-3-5-18(19)13-23-21(25)17-7-10-24(11-8-17)22(26)20-9-12-27-14-20/h3-6,9,12,14,16-17H,7-8,10-11,13,15H2,1-2H3,(H,23,25). The lowest BCUT2D eigenvalue weighted by Gasteiger charge is -2.31. The van der Waals surface area contributed by atoms with Crippen molar-refractivity contribution in [3.8, 4) is 0 Å². The maximum absolute atomic E-state index is 12.6. The average molecular weight is 384 g/mol. The third kappa shape index (κ3) is 5.23. The molecule has 1 aliphatic rings. The van der Waals surface area contributed by atoms with E-state index >= 15 is 0 Å². The number of amides is 2. The SMILES string of the molecule is CC(C)OCc1ccccc1CNC(=O)C1CCN(C(=O)c2ccoc2)CC1. The molecular weight excluding hydrogens is 356 g/mol. The van der Waals surface area contributed by atoms with Gasteiger partial charge in [-0.3, -0.25) is 9.59 Å². The van der Waals surface area contributed by atoms with Crippen LogP contribution in [0.1, 0.15) is 48.2 Å². The third-order valence-electron chi connectivity index (χ3n) is 5.06. The molecule has 6 nitrogen and oxygen atoms in total. The maximum Gasteiger partial charge on any atom is 0.257 e. The highest BCUT2D eigenvalue weighted by Gasteiger charge is 2.28. The molecular formula is C22H28N2O4. The van der Waals surface area contributed by atoms with Gasteiger partial charge >= 0.3 is 0 Å². The third-order valence-corrected chi connectivity index (χ3v) is 5.06. The first-order chi connectivity index (χ1) is 13.5. The predicted octanol–water partition coefficient (Wildman–Crippen LogP) is 3.37. The second kappa shape index (κ2) is 9.55. The van der Waals surface area contributed by atoms with Crippen LogP contribution in [-0.2, 0) is 22.7 Å². The molecule has 1 aromatic heterocycles. The summed E-state index contributed by atoms with van der Waals surface area (Å²) < 4.78 is 10.7. The van der Waals surface area contributed by atoms with Crippen LogP contribution in [0.15, 0.2) is 47.3 Å². The number of hydrogen-bond acceptors (Lipinski definition) is 4. The van der Waals surface area contributed by atoms with Crippen molar-refractivity contribution in [2.24, 2.45) is 5.92 Å². The number of likely N-dealkylation sites (tertiary alicyclic amines) is 1. The molecule has 0 bridgehead atoms. The Morgan fingerprint density at radius 2 is 1.89 bits per heavy atom. The average Bonchev–Trinajstić information content (AvgIpc) is 3.25. The molecule has 3 rings (SSSR count). The molecule has 150 valence electrons. The van der Waals surface area contributed by atoms with E-state index in [-0.39, 0.29) is 23.8 Å². The van der Waals surface area contributed by atoms with Crippen LogP contribution < -0.4 is 5.32 Å². The van der Waals surface area contributed by atoms with Gasteiger partial charge in [0.15, 0.2) is 0 Å². The summed E-state index contributed by atoms with van der Waals surface area (Å²) in [5.74, 6) is -0.0471. The topological polar surface area (TPSA) is 71.8 Å². The van der Waals surface area contributed by atoms with E-state index < -0.39 is 0 Å². The van der Waals surface area contributed by atoms with Gasteiger partial charge in [-0.1, -0.05) is 24.3 Å². The minimum atomic E-state index is -0.0625. The molecule has 1 saturated heterocycles. The Bertz CT molecular complexity index is 778. The van der Waals surface area contributed by atoms with Crippen LogP contribution in [0.5, 0.6) is 0 Å². The Kier molecular flexibility index (Phi) is 6.87. The lowest BCUT2D eigenvalue weighted by molar-refractivity contribution is -0.126. The Hall–Kier alpha value is -2.60. The van der Waals surface area contributed by atoms with Gasteiger partial charge in [0.25, 0.3) is 5.91 Å². The fourth-order valence-corrected chi connectivity index (χ4v) is 3.37. The number of piperidine rings is 1. The predicted molar refractivity (Wildman–Crippen MR) is 106 cm³/mol. The van der Waals surface area contributed by atoms with Gasteiger partial charge in [0.05, 0.1) is 24.5 Å². The highest BCUT2D eigenvalue weighted by atomic mass is 16.5. The highest BCUT2D eigenvalue weighted by molar-refractivity contribution is 5.94. The van der Waals surface area contributed by atoms with Crippen LogP contribution in [0.25, 0.3) is 0 Å². The van der Waals surface area contributed by atoms with Crippen molar-refractivity contribution < 1.29 is 18.7 Å².